The van der Waals surface area contributed by atoms with Crippen LogP contribution in [0.15, 0.2) is 164 Å². The number of hydrogen-bond acceptors (Lipinski definition) is 1. The molecule has 53 heavy (non-hydrogen) atoms. The summed E-state index contributed by atoms with van der Waals surface area (Å²) in [5.41, 5.74) is 13.0. The lowest BCUT2D eigenvalue weighted by Crippen LogP contribution is -2.14. The van der Waals surface area contributed by atoms with Crippen LogP contribution >= 0.6 is 0 Å². The van der Waals surface area contributed by atoms with Crippen molar-refractivity contribution < 1.29 is 4.74 Å². The Bertz CT molecular complexity index is 2780. The summed E-state index contributed by atoms with van der Waals surface area (Å²) in [5, 5.41) is 10.1. The normalized spacial score (nSPS) is 13.1. The Labute approximate surface area is 311 Å². The molecule has 9 aromatic carbocycles. The van der Waals surface area contributed by atoms with Gasteiger partial charge in [-0.3, -0.25) is 0 Å². The van der Waals surface area contributed by atoms with Crippen LogP contribution in [0.3, 0.4) is 0 Å². The first-order valence-electron chi connectivity index (χ1n) is 18.9. The maximum atomic E-state index is 5.97. The van der Waals surface area contributed by atoms with Gasteiger partial charge in [-0.15, -0.1) is 0 Å². The molecule has 0 atom stereocenters. The average Bonchev–Trinajstić information content (AvgIpc) is 3.44. The second-order valence-electron chi connectivity index (χ2n) is 15.0. The van der Waals surface area contributed by atoms with E-state index in [1.165, 1.54) is 98.7 Å². The first kappa shape index (κ1) is 31.5. The SMILES string of the molecule is CCCOc1ccc(-c2c3ccccc3c(-c3c4ccccc4c(-c4ccc5c(c4)C(C)(C)c4ccccc4-5)c4ccccc34)c3ccccc23)cc1. The highest BCUT2D eigenvalue weighted by molar-refractivity contribution is 6.30. The molecule has 0 spiro atoms. The van der Waals surface area contributed by atoms with Crippen LogP contribution in [-0.2, 0) is 5.41 Å². The average molecular weight is 681 g/mol. The van der Waals surface area contributed by atoms with Crippen molar-refractivity contribution in [2.45, 2.75) is 32.6 Å². The Kier molecular flexibility index (Phi) is 7.27. The van der Waals surface area contributed by atoms with Gasteiger partial charge in [-0.2, -0.15) is 0 Å². The predicted octanol–water partition coefficient (Wildman–Crippen LogP) is 14.4. The lowest BCUT2D eigenvalue weighted by molar-refractivity contribution is 0.317. The number of benzene rings is 9. The van der Waals surface area contributed by atoms with Gasteiger partial charge in [0.2, 0.25) is 0 Å². The zero-order valence-corrected chi connectivity index (χ0v) is 30.4. The molecule has 1 aliphatic carbocycles. The summed E-state index contributed by atoms with van der Waals surface area (Å²) in [6.45, 7) is 7.60. The fourth-order valence-corrected chi connectivity index (χ4v) is 9.22. The summed E-state index contributed by atoms with van der Waals surface area (Å²) >= 11 is 0. The highest BCUT2D eigenvalue weighted by Crippen LogP contribution is 2.53. The smallest absolute Gasteiger partial charge is 0.119 e. The summed E-state index contributed by atoms with van der Waals surface area (Å²) in [6.07, 6.45) is 0.989. The first-order chi connectivity index (χ1) is 26.0. The van der Waals surface area contributed by atoms with Gasteiger partial charge in [-0.25, -0.2) is 0 Å². The molecule has 0 saturated carbocycles. The van der Waals surface area contributed by atoms with E-state index < -0.39 is 0 Å². The molecule has 10 rings (SSSR count). The van der Waals surface area contributed by atoms with Gasteiger partial charge in [0.25, 0.3) is 0 Å². The molecule has 0 heterocycles. The Morgan fingerprint density at radius 1 is 0.396 bits per heavy atom. The molecule has 0 aromatic heterocycles. The summed E-state index contributed by atoms with van der Waals surface area (Å²) in [5.74, 6) is 0.912. The second-order valence-corrected chi connectivity index (χ2v) is 15.0. The van der Waals surface area contributed by atoms with Crippen molar-refractivity contribution in [3.05, 3.63) is 175 Å². The quantitative estimate of drug-likeness (QED) is 0.159. The van der Waals surface area contributed by atoms with Crippen LogP contribution in [0.25, 0.3) is 87.6 Å². The molecule has 1 aliphatic rings. The van der Waals surface area contributed by atoms with Crippen molar-refractivity contribution in [1.29, 1.82) is 0 Å². The molecular formula is C52H40O. The highest BCUT2D eigenvalue weighted by atomic mass is 16.5. The Balaban J connectivity index is 1.27. The predicted molar refractivity (Wildman–Crippen MR) is 226 cm³/mol. The third kappa shape index (κ3) is 4.77. The van der Waals surface area contributed by atoms with Crippen LogP contribution in [-0.4, -0.2) is 6.61 Å². The van der Waals surface area contributed by atoms with E-state index in [-0.39, 0.29) is 5.41 Å². The van der Waals surface area contributed by atoms with E-state index in [1.54, 1.807) is 0 Å². The topological polar surface area (TPSA) is 9.23 Å². The number of rotatable bonds is 6. The fraction of sp³-hybridized carbons (Fsp3) is 0.115. The third-order valence-corrected chi connectivity index (χ3v) is 11.6. The van der Waals surface area contributed by atoms with Crippen LogP contribution in [0, 0.1) is 0 Å². The molecule has 1 nitrogen and oxygen atoms in total. The van der Waals surface area contributed by atoms with Gasteiger partial charge in [0.15, 0.2) is 0 Å². The van der Waals surface area contributed by atoms with Gasteiger partial charge >= 0.3 is 0 Å². The van der Waals surface area contributed by atoms with Gasteiger partial charge in [0, 0.05) is 5.41 Å². The van der Waals surface area contributed by atoms with Crippen LogP contribution in [0.1, 0.15) is 38.3 Å². The van der Waals surface area contributed by atoms with E-state index in [4.69, 9.17) is 4.74 Å². The molecule has 0 amide bonds. The maximum absolute atomic E-state index is 5.97. The van der Waals surface area contributed by atoms with Crippen molar-refractivity contribution in [1.82, 2.24) is 0 Å². The van der Waals surface area contributed by atoms with E-state index in [0.29, 0.717) is 0 Å². The standard InChI is InChI=1S/C52H40O/c1-4-31-53-35-28-25-33(26-29-35)48-38-16-5-9-20-42(38)50(43-21-10-6-17-39(43)48)51-44-22-11-7-18-40(44)49(41-19-8-12-23-45(41)51)34-27-30-37-36-15-13-14-24-46(36)52(2,3)47(37)32-34/h5-30,32H,4,31H2,1-3H3. The van der Waals surface area contributed by atoms with E-state index in [0.717, 1.165) is 18.8 Å². The minimum absolute atomic E-state index is 0.0735. The van der Waals surface area contributed by atoms with Crippen molar-refractivity contribution in [3.63, 3.8) is 0 Å². The van der Waals surface area contributed by atoms with E-state index >= 15 is 0 Å². The number of ether oxygens (including phenoxy) is 1. The summed E-state index contributed by atoms with van der Waals surface area (Å²) < 4.78 is 5.97. The maximum Gasteiger partial charge on any atom is 0.119 e. The van der Waals surface area contributed by atoms with Crippen molar-refractivity contribution in [3.8, 4) is 50.3 Å². The van der Waals surface area contributed by atoms with E-state index in [2.05, 4.69) is 185 Å². The molecular weight excluding hydrogens is 641 g/mol. The molecule has 254 valence electrons. The highest BCUT2D eigenvalue weighted by Gasteiger charge is 2.35. The summed E-state index contributed by atoms with van der Waals surface area (Å²) in [4.78, 5) is 0. The number of fused-ring (bicyclic) bond motifs is 7. The second kappa shape index (κ2) is 12.2. The lowest BCUT2D eigenvalue weighted by atomic mass is 9.79. The molecule has 0 N–H and O–H groups in total. The van der Waals surface area contributed by atoms with Crippen molar-refractivity contribution in [2.24, 2.45) is 0 Å². The third-order valence-electron chi connectivity index (χ3n) is 11.6. The molecule has 0 unspecified atom stereocenters. The van der Waals surface area contributed by atoms with Gasteiger partial charge in [0.05, 0.1) is 6.61 Å². The van der Waals surface area contributed by atoms with Gasteiger partial charge in [-0.1, -0.05) is 166 Å². The molecule has 9 aromatic rings. The van der Waals surface area contributed by atoms with Gasteiger partial charge < -0.3 is 4.74 Å². The zero-order chi connectivity index (χ0) is 35.7. The fourth-order valence-electron chi connectivity index (χ4n) is 9.22. The number of hydrogen-bond donors (Lipinski definition) is 0. The zero-order valence-electron chi connectivity index (χ0n) is 30.4. The Morgan fingerprint density at radius 2 is 0.792 bits per heavy atom. The van der Waals surface area contributed by atoms with Crippen molar-refractivity contribution in [2.75, 3.05) is 6.61 Å². The minimum Gasteiger partial charge on any atom is -0.494 e. The molecule has 0 radical (unpaired) electrons. The molecule has 0 bridgehead atoms. The van der Waals surface area contributed by atoms with Gasteiger partial charge in [0.1, 0.15) is 5.75 Å². The Morgan fingerprint density at radius 3 is 1.28 bits per heavy atom. The monoisotopic (exact) mass is 680 g/mol. The first-order valence-corrected chi connectivity index (χ1v) is 18.9. The summed E-state index contributed by atoms with van der Waals surface area (Å²) in [7, 11) is 0. The van der Waals surface area contributed by atoms with E-state index in [1.807, 2.05) is 0 Å². The van der Waals surface area contributed by atoms with Crippen molar-refractivity contribution >= 4 is 43.1 Å². The largest absolute Gasteiger partial charge is 0.494 e. The van der Waals surface area contributed by atoms with E-state index in [9.17, 15) is 0 Å². The van der Waals surface area contributed by atoms with Gasteiger partial charge in [-0.05, 0) is 123 Å². The molecule has 0 aliphatic heterocycles. The van der Waals surface area contributed by atoms with Crippen LogP contribution in [0.4, 0.5) is 0 Å². The molecule has 1 heteroatoms. The van der Waals surface area contributed by atoms with Crippen LogP contribution < -0.4 is 4.74 Å². The molecule has 0 fully saturated rings. The lowest BCUT2D eigenvalue weighted by Gasteiger charge is -2.24. The Hall–Kier alpha value is -6.18. The molecule has 0 saturated heterocycles. The summed E-state index contributed by atoms with van der Waals surface area (Å²) in [6, 6.07) is 60.8. The van der Waals surface area contributed by atoms with Crippen LogP contribution in [0.2, 0.25) is 0 Å². The van der Waals surface area contributed by atoms with Crippen LogP contribution in [0.5, 0.6) is 5.75 Å². The minimum atomic E-state index is -0.0735.